The number of pyridine rings is 1. The minimum atomic E-state index is -4.57. The molecule has 0 saturated heterocycles. The molecule has 2 N–H and O–H groups in total. The summed E-state index contributed by atoms with van der Waals surface area (Å²) in [6, 6.07) is 0.694. The summed E-state index contributed by atoms with van der Waals surface area (Å²) in [6.45, 7) is 1.82. The summed E-state index contributed by atoms with van der Waals surface area (Å²) in [6.07, 6.45) is -9.32. The van der Waals surface area contributed by atoms with Crippen molar-refractivity contribution in [3.8, 4) is 5.88 Å². The molecule has 148 valence electrons. The van der Waals surface area contributed by atoms with Gasteiger partial charge in [0.2, 0.25) is 5.88 Å². The van der Waals surface area contributed by atoms with Crippen LogP contribution in [0.2, 0.25) is 5.02 Å². The highest BCUT2D eigenvalue weighted by atomic mass is 35.5. The van der Waals surface area contributed by atoms with Crippen LogP contribution in [0.1, 0.15) is 18.9 Å². The fraction of sp³-hybridized carbons (Fsp3) is 0.571. The molecule has 1 aromatic heterocycles. The molecular formula is C14H17ClF6N4O. The predicted octanol–water partition coefficient (Wildman–Crippen LogP) is 3.64. The van der Waals surface area contributed by atoms with E-state index in [0.29, 0.717) is 18.8 Å². The quantitative estimate of drug-likeness (QED) is 0.314. The molecule has 0 spiro atoms. The molecule has 1 aromatic rings. The number of aromatic nitrogens is 1. The first-order valence-electron chi connectivity index (χ1n) is 7.47. The second-order valence-corrected chi connectivity index (χ2v) is 5.32. The number of guanidine groups is 1. The van der Waals surface area contributed by atoms with E-state index in [0.717, 1.165) is 0 Å². The van der Waals surface area contributed by atoms with Gasteiger partial charge in [0, 0.05) is 12.7 Å². The number of aliphatic imine (C=N–C) groups is 1. The third-order valence-electron chi connectivity index (χ3n) is 2.78. The first-order chi connectivity index (χ1) is 12.0. The molecule has 1 rings (SSSR count). The lowest BCUT2D eigenvalue weighted by atomic mass is 10.3. The fourth-order valence-corrected chi connectivity index (χ4v) is 1.86. The SMILES string of the molecule is CCNC(=NCCC(F)(F)F)NCCOc1ncc(C(F)(F)F)cc1Cl. The van der Waals surface area contributed by atoms with Gasteiger partial charge in [0.05, 0.1) is 25.1 Å². The van der Waals surface area contributed by atoms with Crippen molar-refractivity contribution in [1.82, 2.24) is 15.6 Å². The van der Waals surface area contributed by atoms with Crippen LogP contribution in [-0.2, 0) is 6.18 Å². The Kier molecular flexibility index (Phi) is 8.25. The fourth-order valence-electron chi connectivity index (χ4n) is 1.64. The van der Waals surface area contributed by atoms with Crippen molar-refractivity contribution in [3.05, 3.63) is 22.8 Å². The van der Waals surface area contributed by atoms with Gasteiger partial charge >= 0.3 is 12.4 Å². The van der Waals surface area contributed by atoms with Crippen molar-refractivity contribution in [1.29, 1.82) is 0 Å². The van der Waals surface area contributed by atoms with Gasteiger partial charge < -0.3 is 15.4 Å². The molecule has 0 aliphatic carbocycles. The normalized spacial score (nSPS) is 12.8. The third kappa shape index (κ3) is 8.45. The van der Waals surface area contributed by atoms with E-state index in [1.165, 1.54) is 0 Å². The summed E-state index contributed by atoms with van der Waals surface area (Å²) < 4.78 is 79.0. The number of nitrogens with one attached hydrogen (secondary N) is 2. The Labute approximate surface area is 150 Å². The van der Waals surface area contributed by atoms with Crippen molar-refractivity contribution in [2.45, 2.75) is 25.7 Å². The van der Waals surface area contributed by atoms with Gasteiger partial charge in [-0.1, -0.05) is 11.6 Å². The monoisotopic (exact) mass is 406 g/mol. The lowest BCUT2D eigenvalue weighted by Gasteiger charge is -2.13. The molecule has 0 radical (unpaired) electrons. The lowest BCUT2D eigenvalue weighted by Crippen LogP contribution is -2.39. The van der Waals surface area contributed by atoms with Crippen molar-refractivity contribution < 1.29 is 31.1 Å². The number of nitrogens with zero attached hydrogens (tertiary/aromatic N) is 2. The molecule has 0 aliphatic heterocycles. The Morgan fingerprint density at radius 1 is 1.23 bits per heavy atom. The molecule has 0 atom stereocenters. The van der Waals surface area contributed by atoms with Crippen LogP contribution in [0.3, 0.4) is 0 Å². The molecule has 0 fully saturated rings. The molecule has 0 unspecified atom stereocenters. The van der Waals surface area contributed by atoms with Gasteiger partial charge in [-0.15, -0.1) is 0 Å². The maximum absolute atomic E-state index is 12.5. The number of alkyl halides is 6. The van der Waals surface area contributed by atoms with E-state index in [2.05, 4.69) is 20.6 Å². The smallest absolute Gasteiger partial charge is 0.417 e. The molecule has 0 amide bonds. The maximum Gasteiger partial charge on any atom is 0.417 e. The molecule has 0 aromatic carbocycles. The zero-order chi connectivity index (χ0) is 19.8. The highest BCUT2D eigenvalue weighted by Crippen LogP contribution is 2.32. The number of ether oxygens (including phenoxy) is 1. The molecule has 26 heavy (non-hydrogen) atoms. The topological polar surface area (TPSA) is 58.5 Å². The van der Waals surface area contributed by atoms with Gasteiger partial charge in [0.15, 0.2) is 5.96 Å². The zero-order valence-corrected chi connectivity index (χ0v) is 14.4. The predicted molar refractivity (Wildman–Crippen MR) is 84.4 cm³/mol. The summed E-state index contributed by atoms with van der Waals surface area (Å²) in [5.74, 6) is -0.0210. The Morgan fingerprint density at radius 2 is 1.92 bits per heavy atom. The number of hydrogen-bond acceptors (Lipinski definition) is 3. The van der Waals surface area contributed by atoms with Crippen LogP contribution in [-0.4, -0.2) is 43.4 Å². The first kappa shape index (κ1) is 22.1. The Morgan fingerprint density at radius 3 is 2.46 bits per heavy atom. The Balaban J connectivity index is 2.49. The van der Waals surface area contributed by atoms with Crippen LogP contribution in [0.15, 0.2) is 17.3 Å². The molecule has 1 heterocycles. The molecule has 0 bridgehead atoms. The van der Waals surface area contributed by atoms with E-state index in [9.17, 15) is 26.3 Å². The van der Waals surface area contributed by atoms with Crippen LogP contribution >= 0.6 is 11.6 Å². The molecule has 5 nitrogen and oxygen atoms in total. The summed E-state index contributed by atoms with van der Waals surface area (Å²) in [4.78, 5) is 7.25. The minimum Gasteiger partial charge on any atom is -0.475 e. The summed E-state index contributed by atoms with van der Waals surface area (Å²) in [5.41, 5.74) is -1.00. The van der Waals surface area contributed by atoms with Gasteiger partial charge in [0.25, 0.3) is 0 Å². The second kappa shape index (κ2) is 9.70. The maximum atomic E-state index is 12.5. The lowest BCUT2D eigenvalue weighted by molar-refractivity contribution is -0.138. The summed E-state index contributed by atoms with van der Waals surface area (Å²) in [7, 11) is 0. The number of rotatable bonds is 7. The van der Waals surface area contributed by atoms with Crippen molar-refractivity contribution in [2.24, 2.45) is 4.99 Å². The molecule has 12 heteroatoms. The Bertz CT molecular complexity index is 606. The van der Waals surface area contributed by atoms with E-state index < -0.39 is 30.9 Å². The second-order valence-electron chi connectivity index (χ2n) is 4.91. The average molecular weight is 407 g/mol. The van der Waals surface area contributed by atoms with E-state index in [1.807, 2.05) is 0 Å². The zero-order valence-electron chi connectivity index (χ0n) is 13.6. The number of hydrogen-bond donors (Lipinski definition) is 2. The Hall–Kier alpha value is -1.91. The first-order valence-corrected chi connectivity index (χ1v) is 7.85. The molecule has 0 saturated carbocycles. The van der Waals surface area contributed by atoms with Gasteiger partial charge in [0.1, 0.15) is 11.6 Å². The van der Waals surface area contributed by atoms with Crippen LogP contribution in [0.5, 0.6) is 5.88 Å². The van der Waals surface area contributed by atoms with E-state index in [4.69, 9.17) is 16.3 Å². The summed E-state index contributed by atoms with van der Waals surface area (Å²) >= 11 is 5.69. The third-order valence-corrected chi connectivity index (χ3v) is 3.05. The van der Waals surface area contributed by atoms with Crippen LogP contribution in [0.25, 0.3) is 0 Å². The van der Waals surface area contributed by atoms with E-state index in [1.54, 1.807) is 6.92 Å². The highest BCUT2D eigenvalue weighted by molar-refractivity contribution is 6.31. The van der Waals surface area contributed by atoms with Gasteiger partial charge in [-0.3, -0.25) is 4.99 Å². The van der Waals surface area contributed by atoms with Gasteiger partial charge in [-0.25, -0.2) is 4.98 Å². The van der Waals surface area contributed by atoms with Gasteiger partial charge in [-0.05, 0) is 13.0 Å². The number of halogens is 7. The van der Waals surface area contributed by atoms with Crippen molar-refractivity contribution in [2.75, 3.05) is 26.2 Å². The van der Waals surface area contributed by atoms with Crippen molar-refractivity contribution in [3.63, 3.8) is 0 Å². The highest BCUT2D eigenvalue weighted by Gasteiger charge is 2.31. The van der Waals surface area contributed by atoms with Crippen LogP contribution in [0.4, 0.5) is 26.3 Å². The van der Waals surface area contributed by atoms with Crippen LogP contribution < -0.4 is 15.4 Å². The van der Waals surface area contributed by atoms with Gasteiger partial charge in [-0.2, -0.15) is 26.3 Å². The summed E-state index contributed by atoms with van der Waals surface area (Å²) in [5, 5.41) is 5.18. The standard InChI is InChI=1S/C14H17ClF6N4O/c1-2-22-12(23-4-3-13(16,17)18)24-5-6-26-11-10(15)7-9(8-25-11)14(19,20)21/h7-8H,2-6H2,1H3,(H2,22,23,24). The molecular weight excluding hydrogens is 390 g/mol. The van der Waals surface area contributed by atoms with Crippen LogP contribution in [0, 0.1) is 0 Å². The van der Waals surface area contributed by atoms with E-state index >= 15 is 0 Å². The average Bonchev–Trinajstić information content (AvgIpc) is 2.50. The minimum absolute atomic E-state index is 0.0399. The van der Waals surface area contributed by atoms with E-state index in [-0.39, 0.29) is 30.0 Å². The van der Waals surface area contributed by atoms with Crippen molar-refractivity contribution >= 4 is 17.6 Å². The molecule has 0 aliphatic rings. The largest absolute Gasteiger partial charge is 0.475 e.